The van der Waals surface area contributed by atoms with Crippen molar-refractivity contribution < 1.29 is 14.3 Å². The van der Waals surface area contributed by atoms with E-state index in [4.69, 9.17) is 4.74 Å². The van der Waals surface area contributed by atoms with Crippen LogP contribution in [-0.4, -0.2) is 55.5 Å². The van der Waals surface area contributed by atoms with Gasteiger partial charge in [-0.25, -0.2) is 9.78 Å². The van der Waals surface area contributed by atoms with Crippen molar-refractivity contribution >= 4 is 22.9 Å². The van der Waals surface area contributed by atoms with Crippen molar-refractivity contribution in [1.29, 1.82) is 0 Å². The summed E-state index contributed by atoms with van der Waals surface area (Å²) in [7, 11) is 0. The van der Waals surface area contributed by atoms with E-state index >= 15 is 0 Å². The average Bonchev–Trinajstić information content (AvgIpc) is 2.75. The summed E-state index contributed by atoms with van der Waals surface area (Å²) in [5.74, 6) is -0.559. The first-order valence-corrected chi connectivity index (χ1v) is 11.0. The molecule has 1 amide bonds. The van der Waals surface area contributed by atoms with Crippen LogP contribution in [0.2, 0.25) is 0 Å². The van der Waals surface area contributed by atoms with Gasteiger partial charge in [-0.2, -0.15) is 4.98 Å². The van der Waals surface area contributed by atoms with E-state index in [1.165, 1.54) is 0 Å². The summed E-state index contributed by atoms with van der Waals surface area (Å²) in [5, 5.41) is 0. The molecule has 4 rings (SSSR count). The molecule has 174 valence electrons. The van der Waals surface area contributed by atoms with Crippen molar-refractivity contribution in [2.24, 2.45) is 5.92 Å². The van der Waals surface area contributed by atoms with Crippen LogP contribution >= 0.6 is 0 Å². The summed E-state index contributed by atoms with van der Waals surface area (Å²) in [6.07, 6.45) is 0.886. The first-order chi connectivity index (χ1) is 15.6. The van der Waals surface area contributed by atoms with Crippen LogP contribution in [0.4, 0.5) is 0 Å². The summed E-state index contributed by atoms with van der Waals surface area (Å²) in [5.41, 5.74) is 1.72. The molecule has 0 radical (unpaired) electrons. The van der Waals surface area contributed by atoms with E-state index in [1.807, 2.05) is 39.8 Å². The number of aryl methyl sites for hydroxylation is 2. The third-order valence-electron chi connectivity index (χ3n) is 6.05. The molecule has 1 N–H and O–H groups in total. The SMILES string of the molecule is Cc1cc2nc3c(=O)[nH]c(=O)nc-3n(CC(=O)N3CCC(C(=O)OC(C)C)CC3)c2cc1C. The molecule has 0 bridgehead atoms. The number of nitrogens with zero attached hydrogens (tertiary/aromatic N) is 4. The third kappa shape index (κ3) is 4.50. The molecule has 3 heterocycles. The number of carbonyl (C=O) groups is 2. The molecule has 0 aromatic heterocycles. The molecule has 0 spiro atoms. The number of nitrogens with one attached hydrogen (secondary N) is 1. The number of piperidine rings is 1. The van der Waals surface area contributed by atoms with Crippen LogP contribution in [0.1, 0.15) is 37.8 Å². The Morgan fingerprint density at radius 2 is 1.79 bits per heavy atom. The van der Waals surface area contributed by atoms with Crippen LogP contribution in [-0.2, 0) is 20.9 Å². The number of aromatic amines is 1. The highest BCUT2D eigenvalue weighted by Gasteiger charge is 2.30. The van der Waals surface area contributed by atoms with Crippen molar-refractivity contribution in [2.75, 3.05) is 13.1 Å². The monoisotopic (exact) mass is 453 g/mol. The predicted octanol–water partition coefficient (Wildman–Crippen LogP) is 1.39. The van der Waals surface area contributed by atoms with Gasteiger partial charge < -0.3 is 14.2 Å². The lowest BCUT2D eigenvalue weighted by molar-refractivity contribution is -0.155. The first kappa shape index (κ1) is 22.6. The molecule has 1 aromatic carbocycles. The van der Waals surface area contributed by atoms with E-state index in [9.17, 15) is 19.2 Å². The number of esters is 1. The fraction of sp³-hybridized carbons (Fsp3) is 0.478. The fourth-order valence-electron chi connectivity index (χ4n) is 4.14. The Morgan fingerprint density at radius 1 is 1.12 bits per heavy atom. The van der Waals surface area contributed by atoms with E-state index in [2.05, 4.69) is 15.0 Å². The number of fused-ring (bicyclic) bond motifs is 2. The highest BCUT2D eigenvalue weighted by Crippen LogP contribution is 2.25. The molecule has 0 saturated carbocycles. The smallest absolute Gasteiger partial charge is 0.349 e. The Bertz CT molecular complexity index is 1320. The first-order valence-electron chi connectivity index (χ1n) is 11.0. The maximum atomic E-state index is 13.2. The van der Waals surface area contributed by atoms with Gasteiger partial charge in [-0.1, -0.05) is 0 Å². The highest BCUT2D eigenvalue weighted by atomic mass is 16.5. The second kappa shape index (κ2) is 8.76. The maximum absolute atomic E-state index is 13.2. The summed E-state index contributed by atoms with van der Waals surface area (Å²) in [4.78, 5) is 61.9. The third-order valence-corrected chi connectivity index (χ3v) is 6.05. The van der Waals surface area contributed by atoms with Gasteiger partial charge in [0.1, 0.15) is 6.54 Å². The van der Waals surface area contributed by atoms with Gasteiger partial charge >= 0.3 is 11.7 Å². The minimum absolute atomic E-state index is 0.00768. The number of amides is 1. The molecule has 3 aliphatic rings. The second-order valence-electron chi connectivity index (χ2n) is 8.81. The number of benzene rings is 1. The van der Waals surface area contributed by atoms with Gasteiger partial charge in [0.25, 0.3) is 5.56 Å². The molecule has 1 saturated heterocycles. The van der Waals surface area contributed by atoms with Gasteiger partial charge in [-0.3, -0.25) is 19.4 Å². The summed E-state index contributed by atoms with van der Waals surface area (Å²) in [6, 6.07) is 3.73. The lowest BCUT2D eigenvalue weighted by atomic mass is 9.97. The Hall–Kier alpha value is -3.56. The van der Waals surface area contributed by atoms with E-state index < -0.39 is 11.2 Å². The number of hydrogen-bond acceptors (Lipinski definition) is 7. The molecule has 1 aromatic rings. The molecule has 0 unspecified atom stereocenters. The Morgan fingerprint density at radius 3 is 2.45 bits per heavy atom. The Labute approximate surface area is 189 Å². The lowest BCUT2D eigenvalue weighted by Gasteiger charge is -2.32. The molecule has 0 atom stereocenters. The van der Waals surface area contributed by atoms with Gasteiger partial charge in [-0.15, -0.1) is 0 Å². The van der Waals surface area contributed by atoms with Crippen LogP contribution < -0.4 is 11.2 Å². The average molecular weight is 453 g/mol. The number of hydrogen-bond donors (Lipinski definition) is 1. The normalized spacial score (nSPS) is 14.9. The lowest BCUT2D eigenvalue weighted by Crippen LogP contribution is -2.42. The topological polar surface area (TPSA) is 127 Å². The number of rotatable bonds is 4. The molecule has 1 fully saturated rings. The zero-order valence-corrected chi connectivity index (χ0v) is 19.2. The maximum Gasteiger partial charge on any atom is 0.349 e. The standard InChI is InChI=1S/C23H27N5O5/c1-12(2)33-22(31)15-5-7-27(8-6-15)18(29)11-28-17-10-14(4)13(3)9-16(17)24-19-20(28)25-23(32)26-21(19)30/h9-10,12,15H,5-8,11H2,1-4H3,(H,26,30,32). The summed E-state index contributed by atoms with van der Waals surface area (Å²) in [6.45, 7) is 8.26. The quantitative estimate of drug-likeness (QED) is 0.467. The minimum atomic E-state index is -0.789. The summed E-state index contributed by atoms with van der Waals surface area (Å²) >= 11 is 0. The van der Waals surface area contributed by atoms with Crippen molar-refractivity contribution in [1.82, 2.24) is 24.4 Å². The van der Waals surface area contributed by atoms with Crippen molar-refractivity contribution in [2.45, 2.75) is 53.2 Å². The van der Waals surface area contributed by atoms with Gasteiger partial charge in [-0.05, 0) is 63.8 Å². The van der Waals surface area contributed by atoms with Crippen LogP contribution in [0.25, 0.3) is 22.6 Å². The highest BCUT2D eigenvalue weighted by molar-refractivity contribution is 5.84. The van der Waals surface area contributed by atoms with Gasteiger partial charge in [0.15, 0.2) is 11.5 Å². The van der Waals surface area contributed by atoms with Crippen LogP contribution in [0.15, 0.2) is 21.7 Å². The molecule has 10 heteroatoms. The largest absolute Gasteiger partial charge is 0.463 e. The van der Waals surface area contributed by atoms with E-state index in [0.717, 1.165) is 11.1 Å². The molecular formula is C23H27N5O5. The van der Waals surface area contributed by atoms with Crippen molar-refractivity contribution in [3.63, 3.8) is 0 Å². The predicted molar refractivity (Wildman–Crippen MR) is 121 cm³/mol. The zero-order chi connectivity index (χ0) is 23.9. The minimum Gasteiger partial charge on any atom is -0.463 e. The Kier molecular flexibility index (Phi) is 6.01. The van der Waals surface area contributed by atoms with Crippen molar-refractivity contribution in [3.8, 4) is 11.5 Å². The second-order valence-corrected chi connectivity index (χ2v) is 8.81. The molecule has 3 aliphatic heterocycles. The molecule has 33 heavy (non-hydrogen) atoms. The number of ether oxygens (including phenoxy) is 1. The van der Waals surface area contributed by atoms with Crippen LogP contribution in [0, 0.1) is 19.8 Å². The van der Waals surface area contributed by atoms with Gasteiger partial charge in [0.05, 0.1) is 23.1 Å². The number of aromatic nitrogens is 4. The van der Waals surface area contributed by atoms with E-state index in [1.54, 1.807) is 9.47 Å². The number of carbonyl (C=O) groups excluding carboxylic acids is 2. The van der Waals surface area contributed by atoms with Crippen LogP contribution in [0.3, 0.4) is 0 Å². The zero-order valence-electron chi connectivity index (χ0n) is 19.2. The molecule has 0 aliphatic carbocycles. The number of H-pyrrole nitrogens is 1. The van der Waals surface area contributed by atoms with Crippen molar-refractivity contribution in [3.05, 3.63) is 44.1 Å². The molecular weight excluding hydrogens is 426 g/mol. The number of likely N-dealkylation sites (tertiary alicyclic amines) is 1. The van der Waals surface area contributed by atoms with Gasteiger partial charge in [0, 0.05) is 13.1 Å². The summed E-state index contributed by atoms with van der Waals surface area (Å²) < 4.78 is 6.88. The molecule has 10 nitrogen and oxygen atoms in total. The van der Waals surface area contributed by atoms with Crippen LogP contribution in [0.5, 0.6) is 0 Å². The van der Waals surface area contributed by atoms with E-state index in [0.29, 0.717) is 37.0 Å². The van der Waals surface area contributed by atoms with E-state index in [-0.39, 0.29) is 42.0 Å². The Balaban J connectivity index is 1.66. The fourth-order valence-corrected chi connectivity index (χ4v) is 4.14. The van der Waals surface area contributed by atoms with Gasteiger partial charge in [0.2, 0.25) is 5.91 Å².